The Bertz CT molecular complexity index is 2900. The summed E-state index contributed by atoms with van der Waals surface area (Å²) >= 11 is 24.5. The number of aryl methyl sites for hydroxylation is 2. The fourth-order valence-corrected chi connectivity index (χ4v) is 12.6. The number of nitrogens with two attached hydrogens (primary N) is 1. The molecule has 0 radical (unpaired) electrons. The van der Waals surface area contributed by atoms with E-state index in [4.69, 9.17) is 56.1 Å². The molecule has 4 aromatic rings. The van der Waals surface area contributed by atoms with Crippen molar-refractivity contribution in [3.63, 3.8) is 0 Å². The molecule has 0 bridgehead atoms. The fraction of sp³-hybridized carbons (Fsp3) is 0.375. The monoisotopic (exact) mass is 1070 g/mol. The summed E-state index contributed by atoms with van der Waals surface area (Å²) in [6.45, 7) is 8.84. The van der Waals surface area contributed by atoms with Crippen molar-refractivity contribution < 1.29 is 50.4 Å². The molecule has 12 nitrogen and oxygen atoms in total. The van der Waals surface area contributed by atoms with E-state index in [1.165, 1.54) is 6.92 Å². The first kappa shape index (κ1) is 53.7. The lowest BCUT2D eigenvalue weighted by Gasteiger charge is -2.29. The van der Waals surface area contributed by atoms with Crippen molar-refractivity contribution in [1.82, 2.24) is 0 Å². The second kappa shape index (κ2) is 21.4. The number of amides is 2. The number of halogens is 7. The van der Waals surface area contributed by atoms with Crippen molar-refractivity contribution in [2.45, 2.75) is 77.7 Å². The Morgan fingerprint density at radius 1 is 0.725 bits per heavy atom. The van der Waals surface area contributed by atoms with E-state index in [1.54, 1.807) is 43.3 Å². The quantitative estimate of drug-likeness (QED) is 0.152. The molecule has 0 saturated carbocycles. The SMILES string of the molecule is CC(N)=O.Cc1cc(C2=NOC(C)(c3cc(Cl)cc(Cl)c3)C2)ccc1C(=O)CC1CS(=O)(=NC(=O)C(F)(F)F)C1.Cc1cc(C2=NOC(C)(c3cc(Cl)cc(Cl)c3)C2)ccc1C(=O)CC1CS(=O)C1. The molecule has 4 heterocycles. The van der Waals surface area contributed by atoms with Crippen LogP contribution in [0.2, 0.25) is 20.1 Å². The van der Waals surface area contributed by atoms with E-state index < -0.39 is 49.7 Å². The molecule has 69 heavy (non-hydrogen) atoms. The number of primary amides is 1. The zero-order chi connectivity index (χ0) is 50.8. The van der Waals surface area contributed by atoms with Gasteiger partial charge in [-0.25, -0.2) is 4.21 Å². The van der Waals surface area contributed by atoms with Gasteiger partial charge in [0, 0.05) is 109 Å². The zero-order valence-electron chi connectivity index (χ0n) is 37.9. The molecule has 8 rings (SSSR count). The Morgan fingerprint density at radius 3 is 1.45 bits per heavy atom. The van der Waals surface area contributed by atoms with Crippen molar-refractivity contribution in [1.29, 1.82) is 0 Å². The molecular weight excluding hydrogens is 1020 g/mol. The molecule has 2 fully saturated rings. The number of Topliss-reactive ketones (excluding diaryl/α,β-unsaturated/α-hetero) is 2. The van der Waals surface area contributed by atoms with Crippen LogP contribution in [0.4, 0.5) is 13.2 Å². The molecule has 2 saturated heterocycles. The zero-order valence-corrected chi connectivity index (χ0v) is 42.5. The summed E-state index contributed by atoms with van der Waals surface area (Å²) in [5.74, 6) is -2.08. The van der Waals surface area contributed by atoms with E-state index in [0.29, 0.717) is 67.7 Å². The van der Waals surface area contributed by atoms with Gasteiger partial charge in [-0.05, 0) is 110 Å². The molecule has 0 spiro atoms. The van der Waals surface area contributed by atoms with Crippen LogP contribution in [0.25, 0.3) is 0 Å². The highest BCUT2D eigenvalue weighted by molar-refractivity contribution is 7.95. The highest BCUT2D eigenvalue weighted by Crippen LogP contribution is 2.40. The summed E-state index contributed by atoms with van der Waals surface area (Å²) in [4.78, 5) is 57.1. The Morgan fingerprint density at radius 2 is 1.10 bits per heavy atom. The van der Waals surface area contributed by atoms with Gasteiger partial charge in [0.25, 0.3) is 0 Å². The Kier molecular flexibility index (Phi) is 16.6. The fourth-order valence-electron chi connectivity index (χ4n) is 8.15. The number of rotatable bonds is 10. The van der Waals surface area contributed by atoms with Crippen LogP contribution in [-0.2, 0) is 51.0 Å². The molecule has 2 N–H and O–H groups in total. The predicted octanol–water partition coefficient (Wildman–Crippen LogP) is 10.9. The molecule has 368 valence electrons. The van der Waals surface area contributed by atoms with Crippen LogP contribution in [0.3, 0.4) is 0 Å². The summed E-state index contributed by atoms with van der Waals surface area (Å²) in [5.41, 5.74) is 10.7. The van der Waals surface area contributed by atoms with Crippen LogP contribution in [0.5, 0.6) is 0 Å². The van der Waals surface area contributed by atoms with E-state index in [2.05, 4.69) is 20.4 Å². The first-order valence-corrected chi connectivity index (χ1v) is 26.2. The summed E-state index contributed by atoms with van der Waals surface area (Å²) in [6.07, 6.45) is -3.66. The van der Waals surface area contributed by atoms with Crippen molar-refractivity contribution >= 4 is 102 Å². The normalized spacial score (nSPS) is 24.6. The molecule has 21 heteroatoms. The Hall–Kier alpha value is -4.65. The number of oxime groups is 2. The standard InChI is InChI=1S/C24H21Cl2F3N2O4S.C22H21Cl2NO3S.C2H5NO/c1-13-5-15(20-10-23(2,35-30-20)16-7-17(25)9-18(26)8-16)3-4-19(13)21(32)6-14-11-36(34,12-14)31-22(33)24(27,28)29;1-13-5-15(3-4-19(13)21(26)6-14-11-29(27)12-14)20-10-22(2,28-25-20)16-7-17(23)9-18(24)8-16;1-2(3)4/h3-5,7-9,14H,6,10-12H2,1-2H3;3-5,7-9,14H,6,10-12H2,1-2H3;1H3,(H2,3,4). The minimum absolute atomic E-state index is 0.00452. The number of hydrogen-bond acceptors (Lipinski definition) is 10. The average Bonchev–Trinajstić information content (AvgIpc) is 3.83. The summed E-state index contributed by atoms with van der Waals surface area (Å²) in [7, 11) is -3.99. The van der Waals surface area contributed by atoms with Crippen LogP contribution in [0, 0.1) is 25.7 Å². The molecule has 4 aromatic carbocycles. The van der Waals surface area contributed by atoms with Gasteiger partial charge in [-0.3, -0.25) is 23.4 Å². The highest BCUT2D eigenvalue weighted by Gasteiger charge is 2.43. The minimum Gasteiger partial charge on any atom is -0.384 e. The number of nitrogens with zero attached hydrogens (tertiary/aromatic N) is 3. The Labute approximate surface area is 420 Å². The molecule has 2 unspecified atom stereocenters. The van der Waals surface area contributed by atoms with Gasteiger partial charge < -0.3 is 15.4 Å². The number of benzene rings is 4. The minimum atomic E-state index is -5.16. The molecule has 2 amide bonds. The molecule has 0 aromatic heterocycles. The van der Waals surface area contributed by atoms with Crippen molar-refractivity contribution in [2.24, 2.45) is 32.2 Å². The van der Waals surface area contributed by atoms with Gasteiger partial charge in [-0.1, -0.05) is 81.0 Å². The first-order chi connectivity index (χ1) is 32.1. The largest absolute Gasteiger partial charge is 0.474 e. The molecule has 0 aliphatic carbocycles. The lowest BCUT2D eigenvalue weighted by molar-refractivity contribution is -0.169. The number of carbonyl (C=O) groups excluding carboxylic acids is 4. The van der Waals surface area contributed by atoms with Gasteiger partial charge in [-0.2, -0.15) is 17.5 Å². The lowest BCUT2D eigenvalue weighted by Crippen LogP contribution is -2.39. The molecular formula is C48H47Cl4F3N4O8S2. The smallest absolute Gasteiger partial charge is 0.384 e. The summed E-state index contributed by atoms with van der Waals surface area (Å²) in [6, 6.07) is 21.5. The average molecular weight is 1070 g/mol. The molecule has 4 aliphatic rings. The third-order valence-corrected chi connectivity index (χ3v) is 16.7. The van der Waals surface area contributed by atoms with Gasteiger partial charge in [0.1, 0.15) is 0 Å². The maximum Gasteiger partial charge on any atom is 0.474 e. The van der Waals surface area contributed by atoms with Crippen LogP contribution in [0.15, 0.2) is 87.5 Å². The number of ketones is 2. The number of alkyl halides is 3. The van der Waals surface area contributed by atoms with E-state index in [-0.39, 0.29) is 41.3 Å². The summed E-state index contributed by atoms with van der Waals surface area (Å²) in [5, 5.41) is 10.6. The van der Waals surface area contributed by atoms with Crippen molar-refractivity contribution in [3.05, 3.63) is 137 Å². The number of hydrogen-bond donors (Lipinski definition) is 1. The number of carbonyl (C=O) groups is 4. The van der Waals surface area contributed by atoms with Gasteiger partial charge in [0.2, 0.25) is 5.91 Å². The lowest BCUT2D eigenvalue weighted by atomic mass is 9.88. The van der Waals surface area contributed by atoms with Gasteiger partial charge in [0.15, 0.2) is 22.8 Å². The van der Waals surface area contributed by atoms with Gasteiger partial charge >= 0.3 is 12.1 Å². The van der Waals surface area contributed by atoms with Crippen LogP contribution >= 0.6 is 46.4 Å². The first-order valence-electron chi connectivity index (χ1n) is 21.3. The van der Waals surface area contributed by atoms with E-state index in [0.717, 1.165) is 39.1 Å². The van der Waals surface area contributed by atoms with Crippen molar-refractivity contribution in [2.75, 3.05) is 23.0 Å². The van der Waals surface area contributed by atoms with Crippen LogP contribution in [-0.4, -0.2) is 72.4 Å². The third kappa shape index (κ3) is 13.6. The van der Waals surface area contributed by atoms with E-state index in [9.17, 15) is 40.8 Å². The third-order valence-electron chi connectivity index (χ3n) is 11.7. The maximum atomic E-state index is 12.8. The maximum absolute atomic E-state index is 12.8. The van der Waals surface area contributed by atoms with E-state index >= 15 is 0 Å². The second-order valence-corrected chi connectivity index (χ2v) is 23.5. The van der Waals surface area contributed by atoms with Crippen LogP contribution in [0.1, 0.15) is 101 Å². The van der Waals surface area contributed by atoms with Crippen molar-refractivity contribution in [3.8, 4) is 0 Å². The molecule has 4 aliphatic heterocycles. The van der Waals surface area contributed by atoms with Gasteiger partial charge in [0.05, 0.1) is 21.2 Å². The molecule has 2 atom stereocenters. The van der Waals surface area contributed by atoms with Crippen LogP contribution < -0.4 is 5.73 Å². The second-order valence-electron chi connectivity index (χ2n) is 17.8. The summed E-state index contributed by atoms with van der Waals surface area (Å²) < 4.78 is 63.4. The van der Waals surface area contributed by atoms with Gasteiger partial charge in [-0.15, -0.1) is 0 Å². The predicted molar refractivity (Wildman–Crippen MR) is 263 cm³/mol. The topological polar surface area (TPSA) is 184 Å². The Balaban J connectivity index is 0.000000214. The highest BCUT2D eigenvalue weighted by atomic mass is 35.5. The van der Waals surface area contributed by atoms with E-state index in [1.807, 2.05) is 57.2 Å².